The Morgan fingerprint density at radius 2 is 1.67 bits per heavy atom. The van der Waals surface area contributed by atoms with Crippen molar-refractivity contribution in [1.29, 1.82) is 0 Å². The van der Waals surface area contributed by atoms with Crippen LogP contribution in [-0.4, -0.2) is 29.1 Å². The second-order valence-corrected chi connectivity index (χ2v) is 10.3. The van der Waals surface area contributed by atoms with Gasteiger partial charge in [-0.1, -0.05) is 20.3 Å². The van der Waals surface area contributed by atoms with Crippen LogP contribution in [-0.2, 0) is 9.53 Å². The minimum absolute atomic E-state index is 0.0542. The van der Waals surface area contributed by atoms with Crippen molar-refractivity contribution in [3.63, 3.8) is 0 Å². The third kappa shape index (κ3) is 6.73. The van der Waals surface area contributed by atoms with Crippen LogP contribution in [0.15, 0.2) is 39.3 Å². The highest BCUT2D eigenvalue weighted by atomic mass is 79.9. The van der Waals surface area contributed by atoms with E-state index < -0.39 is 12.0 Å². The number of carbonyl (C=O) groups is 2. The molecule has 1 saturated carbocycles. The summed E-state index contributed by atoms with van der Waals surface area (Å²) in [6.45, 7) is 5.61. The van der Waals surface area contributed by atoms with Crippen LogP contribution in [0.5, 0.6) is 17.2 Å². The van der Waals surface area contributed by atoms with Gasteiger partial charge in [-0.15, -0.1) is 0 Å². The molecule has 1 atom stereocenters. The molecule has 2 N–H and O–H groups in total. The number of rotatable bonds is 7. The van der Waals surface area contributed by atoms with Gasteiger partial charge < -0.3 is 19.9 Å². The molecular formula is C25H29Br2NO5. The number of amides is 1. The van der Waals surface area contributed by atoms with Crippen LogP contribution in [0.3, 0.4) is 0 Å². The van der Waals surface area contributed by atoms with Crippen LogP contribution >= 0.6 is 31.9 Å². The Kier molecular flexibility index (Phi) is 8.82. The number of nitrogens with one attached hydrogen (secondary N) is 1. The zero-order valence-electron chi connectivity index (χ0n) is 19.0. The fourth-order valence-electron chi connectivity index (χ4n) is 3.75. The first-order valence-corrected chi connectivity index (χ1v) is 12.8. The van der Waals surface area contributed by atoms with Gasteiger partial charge in [0, 0.05) is 11.1 Å². The van der Waals surface area contributed by atoms with Gasteiger partial charge in [-0.05, 0) is 101 Å². The van der Waals surface area contributed by atoms with Gasteiger partial charge >= 0.3 is 5.97 Å². The van der Waals surface area contributed by atoms with Gasteiger partial charge in [-0.25, -0.2) is 4.79 Å². The van der Waals surface area contributed by atoms with E-state index in [1.54, 1.807) is 37.3 Å². The Labute approximate surface area is 211 Å². The number of ether oxygens (including phenoxy) is 2. The van der Waals surface area contributed by atoms with Crippen molar-refractivity contribution in [2.45, 2.75) is 70.9 Å². The quantitative estimate of drug-likeness (QED) is 0.350. The summed E-state index contributed by atoms with van der Waals surface area (Å²) in [5, 5.41) is 12.7. The van der Waals surface area contributed by atoms with Crippen LogP contribution in [0.2, 0.25) is 0 Å². The molecule has 2 aromatic carbocycles. The maximum absolute atomic E-state index is 12.8. The summed E-state index contributed by atoms with van der Waals surface area (Å²) < 4.78 is 12.7. The van der Waals surface area contributed by atoms with Crippen molar-refractivity contribution >= 4 is 43.7 Å². The molecule has 0 spiro atoms. The normalized spacial score (nSPS) is 15.2. The molecule has 0 heterocycles. The molecular weight excluding hydrogens is 554 g/mol. The van der Waals surface area contributed by atoms with Crippen molar-refractivity contribution in [3.8, 4) is 17.2 Å². The maximum atomic E-state index is 12.8. The molecule has 3 rings (SSSR count). The van der Waals surface area contributed by atoms with Crippen molar-refractivity contribution in [2.75, 3.05) is 0 Å². The third-order valence-electron chi connectivity index (χ3n) is 5.64. The first-order valence-electron chi connectivity index (χ1n) is 11.2. The van der Waals surface area contributed by atoms with Gasteiger partial charge in [-0.3, -0.25) is 4.79 Å². The first-order chi connectivity index (χ1) is 15.7. The summed E-state index contributed by atoms with van der Waals surface area (Å²) >= 11 is 6.94. The Morgan fingerprint density at radius 1 is 1.03 bits per heavy atom. The highest BCUT2D eigenvalue weighted by molar-refractivity contribution is 9.11. The van der Waals surface area contributed by atoms with E-state index >= 15 is 0 Å². The zero-order chi connectivity index (χ0) is 24.1. The molecule has 0 aromatic heterocycles. The average Bonchev–Trinajstić information content (AvgIpc) is 2.77. The summed E-state index contributed by atoms with van der Waals surface area (Å²) in [6, 6.07) is 7.59. The van der Waals surface area contributed by atoms with E-state index in [1.165, 1.54) is 6.42 Å². The summed E-state index contributed by atoms with van der Waals surface area (Å²) in [4.78, 5) is 25.1. The van der Waals surface area contributed by atoms with Crippen LogP contribution in [0, 0.1) is 0 Å². The third-order valence-corrected chi connectivity index (χ3v) is 6.82. The molecule has 0 saturated heterocycles. The average molecular weight is 583 g/mol. The van der Waals surface area contributed by atoms with Crippen LogP contribution in [0.25, 0.3) is 0 Å². The van der Waals surface area contributed by atoms with Crippen LogP contribution < -0.4 is 10.1 Å². The number of halogens is 2. The summed E-state index contributed by atoms with van der Waals surface area (Å²) in [5.74, 6) is 0.618. The molecule has 1 aliphatic rings. The Hall–Kier alpha value is -2.06. The topological polar surface area (TPSA) is 84.9 Å². The summed E-state index contributed by atoms with van der Waals surface area (Å²) in [7, 11) is 0. The molecule has 1 aliphatic carbocycles. The molecule has 33 heavy (non-hydrogen) atoms. The maximum Gasteiger partial charge on any atom is 0.328 e. The van der Waals surface area contributed by atoms with E-state index in [4.69, 9.17) is 9.47 Å². The molecule has 1 fully saturated rings. The smallest absolute Gasteiger partial charge is 0.328 e. The molecule has 1 amide bonds. The van der Waals surface area contributed by atoms with Crippen LogP contribution in [0.4, 0.5) is 0 Å². The number of hydrogen-bond donors (Lipinski definition) is 2. The molecule has 0 bridgehead atoms. The second kappa shape index (κ2) is 11.4. The Morgan fingerprint density at radius 3 is 2.27 bits per heavy atom. The first kappa shape index (κ1) is 25.6. The minimum Gasteiger partial charge on any atom is -0.508 e. The number of phenolic OH excluding ortho intramolecular Hbond substituents is 1. The second-order valence-electron chi connectivity index (χ2n) is 8.64. The highest BCUT2D eigenvalue weighted by Crippen LogP contribution is 2.39. The molecule has 8 heteroatoms. The summed E-state index contributed by atoms with van der Waals surface area (Å²) in [6.07, 6.45) is 5.02. The number of benzene rings is 2. The fourth-order valence-corrected chi connectivity index (χ4v) is 5.10. The van der Waals surface area contributed by atoms with Gasteiger partial charge in [0.2, 0.25) is 0 Å². The predicted molar refractivity (Wildman–Crippen MR) is 134 cm³/mol. The minimum atomic E-state index is -0.751. The lowest BCUT2D eigenvalue weighted by Crippen LogP contribution is -2.41. The van der Waals surface area contributed by atoms with E-state index in [0.717, 1.165) is 31.2 Å². The number of carbonyl (C=O) groups excluding carboxylic acids is 2. The molecule has 6 nitrogen and oxygen atoms in total. The van der Waals surface area contributed by atoms with Crippen molar-refractivity contribution < 1.29 is 24.2 Å². The molecule has 0 radical (unpaired) electrons. The lowest BCUT2D eigenvalue weighted by molar-refractivity contribution is -0.152. The number of hydrogen-bond acceptors (Lipinski definition) is 5. The van der Waals surface area contributed by atoms with Crippen LogP contribution in [0.1, 0.15) is 74.7 Å². The number of esters is 1. The lowest BCUT2D eigenvalue weighted by atomic mass is 9.98. The fraction of sp³-hybridized carbons (Fsp3) is 0.440. The zero-order valence-corrected chi connectivity index (χ0v) is 22.2. The van der Waals surface area contributed by atoms with Gasteiger partial charge in [0.1, 0.15) is 23.6 Å². The van der Waals surface area contributed by atoms with Crippen molar-refractivity contribution in [2.24, 2.45) is 0 Å². The molecule has 0 aliphatic heterocycles. The largest absolute Gasteiger partial charge is 0.508 e. The standard InChI is InChI=1S/C25H29Br2NO5/c1-14(2)19-13-18(9-10-22(19)29)32-23-20(26)11-16(12-21(23)27)24(30)28-15(3)25(31)33-17-7-5-4-6-8-17/h9-15,17,29H,4-8H2,1-3H3,(H,28,30)/t15-/m0/s1. The van der Waals surface area contributed by atoms with Crippen molar-refractivity contribution in [3.05, 3.63) is 50.4 Å². The summed E-state index contributed by atoms with van der Waals surface area (Å²) in [5.41, 5.74) is 1.15. The number of aromatic hydroxyl groups is 1. The van der Waals surface area contributed by atoms with E-state index in [0.29, 0.717) is 26.0 Å². The lowest BCUT2D eigenvalue weighted by Gasteiger charge is -2.23. The van der Waals surface area contributed by atoms with Gasteiger partial charge in [0.05, 0.1) is 8.95 Å². The van der Waals surface area contributed by atoms with E-state index in [9.17, 15) is 14.7 Å². The Bertz CT molecular complexity index is 995. The number of phenols is 1. The SMILES string of the molecule is CC(C)c1cc(Oc2c(Br)cc(C(=O)N[C@@H](C)C(=O)OC3CCCCC3)cc2Br)ccc1O. The van der Waals surface area contributed by atoms with Crippen molar-refractivity contribution in [1.82, 2.24) is 5.32 Å². The molecule has 178 valence electrons. The highest BCUT2D eigenvalue weighted by Gasteiger charge is 2.24. The van der Waals surface area contributed by atoms with E-state index in [-0.39, 0.29) is 23.7 Å². The molecule has 2 aromatic rings. The predicted octanol–water partition coefficient (Wildman–Crippen LogP) is 6.83. The Balaban J connectivity index is 1.68. The monoisotopic (exact) mass is 581 g/mol. The van der Waals surface area contributed by atoms with Gasteiger partial charge in [0.15, 0.2) is 5.75 Å². The van der Waals surface area contributed by atoms with Gasteiger partial charge in [0.25, 0.3) is 5.91 Å². The van der Waals surface area contributed by atoms with E-state index in [2.05, 4.69) is 37.2 Å². The molecule has 0 unspecified atom stereocenters. The van der Waals surface area contributed by atoms with Gasteiger partial charge in [-0.2, -0.15) is 0 Å². The van der Waals surface area contributed by atoms with E-state index in [1.807, 2.05) is 13.8 Å².